The Kier molecular flexibility index (Phi) is 4.84. The molecule has 14 heavy (non-hydrogen) atoms. The first-order valence-electron chi connectivity index (χ1n) is 4.21. The second-order valence-corrected chi connectivity index (χ2v) is 4.68. The highest BCUT2D eigenvalue weighted by atomic mass is 79.9. The summed E-state index contributed by atoms with van der Waals surface area (Å²) in [6.45, 7) is 2.74. The van der Waals surface area contributed by atoms with Crippen molar-refractivity contribution in [2.75, 3.05) is 19.0 Å². The Labute approximate surface area is 101 Å². The minimum Gasteiger partial charge on any atom is -0.380 e. The molecular formula is C9H12Br2N2O. The van der Waals surface area contributed by atoms with Crippen LogP contribution in [0.4, 0.5) is 5.82 Å². The minimum absolute atomic E-state index is 0.173. The van der Waals surface area contributed by atoms with Crippen LogP contribution in [0.15, 0.2) is 21.2 Å². The zero-order valence-corrected chi connectivity index (χ0v) is 11.2. The van der Waals surface area contributed by atoms with Crippen LogP contribution in [0.25, 0.3) is 0 Å². The maximum Gasteiger partial charge on any atom is 0.140 e. The molecule has 0 saturated heterocycles. The molecule has 0 saturated carbocycles. The van der Waals surface area contributed by atoms with E-state index in [9.17, 15) is 0 Å². The Morgan fingerprint density at radius 3 is 2.86 bits per heavy atom. The van der Waals surface area contributed by atoms with Gasteiger partial charge >= 0.3 is 0 Å². The van der Waals surface area contributed by atoms with Gasteiger partial charge in [-0.25, -0.2) is 4.98 Å². The van der Waals surface area contributed by atoms with Crippen molar-refractivity contribution in [2.24, 2.45) is 0 Å². The largest absolute Gasteiger partial charge is 0.380 e. The summed E-state index contributed by atoms with van der Waals surface area (Å²) >= 11 is 6.77. The summed E-state index contributed by atoms with van der Waals surface area (Å²) in [7, 11) is 1.69. The van der Waals surface area contributed by atoms with Crippen molar-refractivity contribution < 1.29 is 4.74 Å². The highest BCUT2D eigenvalue weighted by Gasteiger charge is 2.03. The third kappa shape index (κ3) is 3.55. The average molecular weight is 324 g/mol. The van der Waals surface area contributed by atoms with Crippen LogP contribution in [0.3, 0.4) is 0 Å². The second-order valence-electron chi connectivity index (χ2n) is 2.91. The van der Waals surface area contributed by atoms with Gasteiger partial charge in [0.1, 0.15) is 5.82 Å². The zero-order chi connectivity index (χ0) is 10.6. The smallest absolute Gasteiger partial charge is 0.140 e. The van der Waals surface area contributed by atoms with Crippen molar-refractivity contribution in [1.82, 2.24) is 4.98 Å². The quantitative estimate of drug-likeness (QED) is 0.924. The topological polar surface area (TPSA) is 34.1 Å². The van der Waals surface area contributed by atoms with Gasteiger partial charge in [0, 0.05) is 24.3 Å². The fraction of sp³-hybridized carbons (Fsp3) is 0.444. The number of methoxy groups -OCH3 is 1. The van der Waals surface area contributed by atoms with Crippen molar-refractivity contribution >= 4 is 37.7 Å². The molecule has 3 nitrogen and oxygen atoms in total. The van der Waals surface area contributed by atoms with Crippen molar-refractivity contribution in [1.29, 1.82) is 0 Å². The highest BCUT2D eigenvalue weighted by molar-refractivity contribution is 9.11. The lowest BCUT2D eigenvalue weighted by Crippen LogP contribution is -2.18. The van der Waals surface area contributed by atoms with Crippen LogP contribution < -0.4 is 5.32 Å². The molecule has 0 radical (unpaired) electrons. The lowest BCUT2D eigenvalue weighted by atomic mass is 10.4. The first-order chi connectivity index (χ1) is 6.63. The van der Waals surface area contributed by atoms with Gasteiger partial charge in [-0.15, -0.1) is 0 Å². The van der Waals surface area contributed by atoms with E-state index in [4.69, 9.17) is 4.74 Å². The number of halogens is 2. The maximum atomic E-state index is 5.12. The number of ether oxygens (including phenoxy) is 1. The number of aromatic nitrogens is 1. The molecule has 1 N–H and O–H groups in total. The van der Waals surface area contributed by atoms with Crippen LogP contribution in [0.2, 0.25) is 0 Å². The van der Waals surface area contributed by atoms with Crippen LogP contribution in [0.1, 0.15) is 6.92 Å². The second kappa shape index (κ2) is 5.68. The molecule has 0 aliphatic carbocycles. The number of anilines is 1. The standard InChI is InChI=1S/C9H12Br2N2O/c1-6(14-2)4-12-9-8(11)3-7(10)5-13-9/h3,5-6H,4H2,1-2H3,(H,12,13). The molecule has 1 heterocycles. The van der Waals surface area contributed by atoms with Gasteiger partial charge in [-0.1, -0.05) is 0 Å². The van der Waals surface area contributed by atoms with Crippen LogP contribution in [0.5, 0.6) is 0 Å². The Balaban J connectivity index is 2.59. The first-order valence-corrected chi connectivity index (χ1v) is 5.79. The molecule has 1 rings (SSSR count). The third-order valence-electron chi connectivity index (χ3n) is 1.77. The van der Waals surface area contributed by atoms with Crippen molar-refractivity contribution in [3.05, 3.63) is 21.2 Å². The monoisotopic (exact) mass is 322 g/mol. The molecule has 5 heteroatoms. The Hall–Kier alpha value is -0.130. The molecule has 0 amide bonds. The maximum absolute atomic E-state index is 5.12. The number of hydrogen-bond donors (Lipinski definition) is 1. The van der Waals surface area contributed by atoms with Gasteiger partial charge in [-0.3, -0.25) is 0 Å². The van der Waals surface area contributed by atoms with E-state index in [1.54, 1.807) is 13.3 Å². The highest BCUT2D eigenvalue weighted by Crippen LogP contribution is 2.23. The molecule has 0 bridgehead atoms. The summed E-state index contributed by atoms with van der Waals surface area (Å²) in [6, 6.07) is 1.95. The van der Waals surface area contributed by atoms with Crippen LogP contribution >= 0.6 is 31.9 Å². The van der Waals surface area contributed by atoms with Crippen LogP contribution in [-0.2, 0) is 4.74 Å². The van der Waals surface area contributed by atoms with Crippen molar-refractivity contribution in [3.63, 3.8) is 0 Å². The van der Waals surface area contributed by atoms with Gasteiger partial charge in [0.25, 0.3) is 0 Å². The fourth-order valence-corrected chi connectivity index (χ4v) is 2.00. The molecule has 1 aromatic rings. The van der Waals surface area contributed by atoms with E-state index in [1.807, 2.05) is 13.0 Å². The van der Waals surface area contributed by atoms with E-state index >= 15 is 0 Å². The molecule has 0 aliphatic rings. The summed E-state index contributed by atoms with van der Waals surface area (Å²) in [6.07, 6.45) is 1.93. The van der Waals surface area contributed by atoms with Gasteiger partial charge in [0.15, 0.2) is 0 Å². The SMILES string of the molecule is COC(C)CNc1ncc(Br)cc1Br. The van der Waals surface area contributed by atoms with E-state index in [2.05, 4.69) is 42.2 Å². The molecule has 1 unspecified atom stereocenters. The van der Waals surface area contributed by atoms with Gasteiger partial charge in [-0.05, 0) is 44.8 Å². The summed E-state index contributed by atoms with van der Waals surface area (Å²) in [5.41, 5.74) is 0. The van der Waals surface area contributed by atoms with Crippen LogP contribution in [0, 0.1) is 0 Å². The first kappa shape index (κ1) is 11.9. The normalized spacial score (nSPS) is 12.6. The van der Waals surface area contributed by atoms with Gasteiger partial charge < -0.3 is 10.1 Å². The molecule has 1 aromatic heterocycles. The number of rotatable bonds is 4. The molecule has 0 fully saturated rings. The Bertz CT molecular complexity index is 307. The number of nitrogens with one attached hydrogen (secondary N) is 1. The summed E-state index contributed by atoms with van der Waals surface area (Å²) in [5, 5.41) is 3.19. The fourth-order valence-electron chi connectivity index (χ4n) is 0.868. The Morgan fingerprint density at radius 2 is 2.29 bits per heavy atom. The number of pyridine rings is 1. The number of hydrogen-bond acceptors (Lipinski definition) is 3. The van der Waals surface area contributed by atoms with E-state index in [0.29, 0.717) is 0 Å². The van der Waals surface area contributed by atoms with Crippen molar-refractivity contribution in [3.8, 4) is 0 Å². The summed E-state index contributed by atoms with van der Waals surface area (Å²) in [4.78, 5) is 4.22. The molecule has 78 valence electrons. The average Bonchev–Trinajstić information content (AvgIpc) is 2.16. The minimum atomic E-state index is 0.173. The molecule has 0 aliphatic heterocycles. The molecule has 0 spiro atoms. The van der Waals surface area contributed by atoms with Gasteiger partial charge in [0.2, 0.25) is 0 Å². The predicted octanol–water partition coefficient (Wildman–Crippen LogP) is 3.05. The van der Waals surface area contributed by atoms with E-state index in [0.717, 1.165) is 21.3 Å². The third-order valence-corrected chi connectivity index (χ3v) is 2.81. The zero-order valence-electron chi connectivity index (χ0n) is 8.05. The summed E-state index contributed by atoms with van der Waals surface area (Å²) < 4.78 is 7.01. The predicted molar refractivity (Wildman–Crippen MR) is 64.6 cm³/mol. The molecule has 1 atom stereocenters. The van der Waals surface area contributed by atoms with E-state index < -0.39 is 0 Å². The van der Waals surface area contributed by atoms with E-state index in [1.165, 1.54) is 0 Å². The van der Waals surface area contributed by atoms with E-state index in [-0.39, 0.29) is 6.10 Å². The molecular weight excluding hydrogens is 312 g/mol. The Morgan fingerprint density at radius 1 is 1.57 bits per heavy atom. The lowest BCUT2D eigenvalue weighted by molar-refractivity contribution is 0.128. The molecule has 0 aromatic carbocycles. The number of nitrogens with zero attached hydrogens (tertiary/aromatic N) is 1. The van der Waals surface area contributed by atoms with Gasteiger partial charge in [-0.2, -0.15) is 0 Å². The van der Waals surface area contributed by atoms with Crippen LogP contribution in [-0.4, -0.2) is 24.7 Å². The van der Waals surface area contributed by atoms with Crippen molar-refractivity contribution in [2.45, 2.75) is 13.0 Å². The van der Waals surface area contributed by atoms with Gasteiger partial charge in [0.05, 0.1) is 10.6 Å². The summed E-state index contributed by atoms with van der Waals surface area (Å²) in [5.74, 6) is 0.831. The lowest BCUT2D eigenvalue weighted by Gasteiger charge is -2.12.